The van der Waals surface area contributed by atoms with Gasteiger partial charge in [0.2, 0.25) is 0 Å². The predicted molar refractivity (Wildman–Crippen MR) is 92.5 cm³/mol. The van der Waals surface area contributed by atoms with Gasteiger partial charge in [0, 0.05) is 5.56 Å². The van der Waals surface area contributed by atoms with E-state index in [0.717, 1.165) is 11.1 Å². The summed E-state index contributed by atoms with van der Waals surface area (Å²) in [5.74, 6) is -0.00680. The molecule has 0 bridgehead atoms. The number of rotatable bonds is 6. The SMILES string of the molecule is CON=C(C(=O)OC)c1ccccc1COc1cc(C)ccc1Cl. The van der Waals surface area contributed by atoms with Gasteiger partial charge in [-0.1, -0.05) is 47.1 Å². The first-order valence-corrected chi connectivity index (χ1v) is 7.61. The first-order chi connectivity index (χ1) is 11.6. The molecule has 126 valence electrons. The highest BCUT2D eigenvalue weighted by Gasteiger charge is 2.19. The number of ether oxygens (including phenoxy) is 2. The molecule has 24 heavy (non-hydrogen) atoms. The number of halogens is 1. The van der Waals surface area contributed by atoms with E-state index in [9.17, 15) is 4.79 Å². The highest BCUT2D eigenvalue weighted by atomic mass is 35.5. The fraction of sp³-hybridized carbons (Fsp3) is 0.222. The molecule has 0 aliphatic rings. The van der Waals surface area contributed by atoms with E-state index in [1.165, 1.54) is 14.2 Å². The summed E-state index contributed by atoms with van der Waals surface area (Å²) in [5, 5.41) is 4.30. The van der Waals surface area contributed by atoms with Crippen LogP contribution >= 0.6 is 11.6 Å². The van der Waals surface area contributed by atoms with E-state index in [-0.39, 0.29) is 12.3 Å². The van der Waals surface area contributed by atoms with Crippen LogP contribution < -0.4 is 4.74 Å². The molecule has 0 atom stereocenters. The van der Waals surface area contributed by atoms with Crippen molar-refractivity contribution in [3.05, 3.63) is 64.2 Å². The standard InChI is InChI=1S/C18H18ClNO4/c1-12-8-9-15(19)16(10-12)24-11-13-6-4-5-7-14(13)17(20-23-3)18(21)22-2/h4-10H,11H2,1-3H3. The second-order valence-electron chi connectivity index (χ2n) is 4.99. The van der Waals surface area contributed by atoms with E-state index < -0.39 is 5.97 Å². The third-order valence-electron chi connectivity index (χ3n) is 3.30. The molecule has 6 heteroatoms. The second-order valence-corrected chi connectivity index (χ2v) is 5.40. The van der Waals surface area contributed by atoms with Crippen molar-refractivity contribution in [1.29, 1.82) is 0 Å². The number of esters is 1. The number of methoxy groups -OCH3 is 1. The molecule has 5 nitrogen and oxygen atoms in total. The van der Waals surface area contributed by atoms with Crippen LogP contribution in [-0.4, -0.2) is 25.9 Å². The molecule has 2 aromatic rings. The summed E-state index contributed by atoms with van der Waals surface area (Å²) in [6.45, 7) is 2.18. The van der Waals surface area contributed by atoms with Crippen LogP contribution in [0.15, 0.2) is 47.6 Å². The fourth-order valence-corrected chi connectivity index (χ4v) is 2.31. The zero-order chi connectivity index (χ0) is 17.5. The Morgan fingerprint density at radius 3 is 2.62 bits per heavy atom. The minimum absolute atomic E-state index is 0.0783. The molecular formula is C18H18ClNO4. The Morgan fingerprint density at radius 1 is 1.17 bits per heavy atom. The summed E-state index contributed by atoms with van der Waals surface area (Å²) in [4.78, 5) is 16.7. The van der Waals surface area contributed by atoms with Crippen LogP contribution in [0.5, 0.6) is 5.75 Å². The summed E-state index contributed by atoms with van der Waals surface area (Å²) in [6.07, 6.45) is 0. The van der Waals surface area contributed by atoms with Crippen LogP contribution in [0.1, 0.15) is 16.7 Å². The number of carbonyl (C=O) groups is 1. The van der Waals surface area contributed by atoms with Gasteiger partial charge in [-0.15, -0.1) is 0 Å². The molecule has 2 rings (SSSR count). The lowest BCUT2D eigenvalue weighted by molar-refractivity contribution is -0.132. The fourth-order valence-electron chi connectivity index (χ4n) is 2.14. The minimum Gasteiger partial charge on any atom is -0.487 e. The Bertz CT molecular complexity index is 758. The largest absolute Gasteiger partial charge is 0.487 e. The Balaban J connectivity index is 2.30. The molecular weight excluding hydrogens is 330 g/mol. The third-order valence-corrected chi connectivity index (χ3v) is 3.62. The lowest BCUT2D eigenvalue weighted by Gasteiger charge is -2.13. The number of hydrogen-bond acceptors (Lipinski definition) is 5. The second kappa shape index (κ2) is 8.36. The number of hydrogen-bond donors (Lipinski definition) is 0. The topological polar surface area (TPSA) is 57.1 Å². The smallest absolute Gasteiger partial charge is 0.360 e. The van der Waals surface area contributed by atoms with Gasteiger partial charge in [-0.2, -0.15) is 0 Å². The summed E-state index contributed by atoms with van der Waals surface area (Å²) in [7, 11) is 2.66. The number of carbonyl (C=O) groups excluding carboxylic acids is 1. The molecule has 0 aliphatic heterocycles. The Kier molecular flexibility index (Phi) is 6.21. The van der Waals surface area contributed by atoms with Gasteiger partial charge < -0.3 is 14.3 Å². The van der Waals surface area contributed by atoms with Crippen molar-refractivity contribution >= 4 is 23.3 Å². The Labute approximate surface area is 145 Å². The zero-order valence-electron chi connectivity index (χ0n) is 13.7. The van der Waals surface area contributed by atoms with Crippen molar-refractivity contribution in [3.63, 3.8) is 0 Å². The monoisotopic (exact) mass is 347 g/mol. The number of nitrogens with zero attached hydrogens (tertiary/aromatic N) is 1. The molecule has 0 saturated carbocycles. The Morgan fingerprint density at radius 2 is 1.92 bits per heavy atom. The van der Waals surface area contributed by atoms with Crippen LogP contribution in [0.2, 0.25) is 5.02 Å². The van der Waals surface area contributed by atoms with Crippen molar-refractivity contribution in [2.75, 3.05) is 14.2 Å². The number of oxime groups is 1. The zero-order valence-corrected chi connectivity index (χ0v) is 14.5. The van der Waals surface area contributed by atoms with E-state index in [0.29, 0.717) is 16.3 Å². The van der Waals surface area contributed by atoms with Crippen molar-refractivity contribution < 1.29 is 19.1 Å². The van der Waals surface area contributed by atoms with Crippen LogP contribution in [0.3, 0.4) is 0 Å². The summed E-state index contributed by atoms with van der Waals surface area (Å²) in [5.41, 5.74) is 2.46. The molecule has 0 spiro atoms. The Hall–Kier alpha value is -2.53. The lowest BCUT2D eigenvalue weighted by Crippen LogP contribution is -2.19. The van der Waals surface area contributed by atoms with Gasteiger partial charge in [-0.25, -0.2) is 4.79 Å². The van der Waals surface area contributed by atoms with E-state index in [1.807, 2.05) is 31.2 Å². The van der Waals surface area contributed by atoms with E-state index in [1.54, 1.807) is 18.2 Å². The normalized spacial score (nSPS) is 11.1. The maximum Gasteiger partial charge on any atom is 0.360 e. The predicted octanol–water partition coefficient (Wildman–Crippen LogP) is 3.75. The first-order valence-electron chi connectivity index (χ1n) is 7.23. The van der Waals surface area contributed by atoms with Crippen molar-refractivity contribution in [2.24, 2.45) is 5.16 Å². The van der Waals surface area contributed by atoms with Gasteiger partial charge in [0.1, 0.15) is 19.5 Å². The molecule has 2 aromatic carbocycles. The quantitative estimate of drug-likeness (QED) is 0.453. The van der Waals surface area contributed by atoms with E-state index >= 15 is 0 Å². The molecule has 0 radical (unpaired) electrons. The van der Waals surface area contributed by atoms with Crippen LogP contribution in [0.25, 0.3) is 0 Å². The molecule has 0 aromatic heterocycles. The highest BCUT2D eigenvalue weighted by Crippen LogP contribution is 2.26. The minimum atomic E-state index is -0.585. The first kappa shape index (κ1) is 17.8. The van der Waals surface area contributed by atoms with Gasteiger partial charge >= 0.3 is 5.97 Å². The molecule has 0 N–H and O–H groups in total. The van der Waals surface area contributed by atoms with Gasteiger partial charge in [0.25, 0.3) is 0 Å². The average Bonchev–Trinajstić information content (AvgIpc) is 2.60. The van der Waals surface area contributed by atoms with Crippen molar-refractivity contribution in [1.82, 2.24) is 0 Å². The van der Waals surface area contributed by atoms with Gasteiger partial charge in [0.15, 0.2) is 5.71 Å². The van der Waals surface area contributed by atoms with E-state index in [2.05, 4.69) is 5.16 Å². The molecule has 0 fully saturated rings. The lowest BCUT2D eigenvalue weighted by atomic mass is 10.0. The van der Waals surface area contributed by atoms with Crippen LogP contribution in [-0.2, 0) is 21.0 Å². The summed E-state index contributed by atoms with van der Waals surface area (Å²) in [6, 6.07) is 12.8. The number of benzene rings is 2. The van der Waals surface area contributed by atoms with Crippen molar-refractivity contribution in [2.45, 2.75) is 13.5 Å². The third kappa shape index (κ3) is 4.26. The van der Waals surface area contributed by atoms with E-state index in [4.69, 9.17) is 25.9 Å². The average molecular weight is 348 g/mol. The molecule has 0 amide bonds. The maximum absolute atomic E-state index is 11.9. The molecule has 0 heterocycles. The maximum atomic E-state index is 11.9. The van der Waals surface area contributed by atoms with Gasteiger partial charge in [-0.3, -0.25) is 0 Å². The van der Waals surface area contributed by atoms with Crippen LogP contribution in [0.4, 0.5) is 0 Å². The molecule has 0 aliphatic carbocycles. The summed E-state index contributed by atoms with van der Waals surface area (Å²) >= 11 is 6.14. The van der Waals surface area contributed by atoms with Crippen LogP contribution in [0, 0.1) is 6.92 Å². The molecule has 0 saturated heterocycles. The molecule has 0 unspecified atom stereocenters. The van der Waals surface area contributed by atoms with Gasteiger partial charge in [-0.05, 0) is 30.2 Å². The van der Waals surface area contributed by atoms with Crippen molar-refractivity contribution in [3.8, 4) is 5.75 Å². The summed E-state index contributed by atoms with van der Waals surface area (Å²) < 4.78 is 10.6. The highest BCUT2D eigenvalue weighted by molar-refractivity contribution is 6.43. The number of aryl methyl sites for hydroxylation is 1. The van der Waals surface area contributed by atoms with Gasteiger partial charge in [0.05, 0.1) is 12.1 Å².